The minimum Gasteiger partial charge on any atom is -0.444 e. The summed E-state index contributed by atoms with van der Waals surface area (Å²) in [6, 6.07) is 3.16. The van der Waals surface area contributed by atoms with E-state index in [4.69, 9.17) is 16.3 Å². The van der Waals surface area contributed by atoms with Crippen LogP contribution in [-0.4, -0.2) is 49.3 Å². The van der Waals surface area contributed by atoms with E-state index in [0.717, 1.165) is 0 Å². The summed E-state index contributed by atoms with van der Waals surface area (Å²) in [5, 5.41) is 8.01. The molecular weight excluding hydrogens is 314 g/mol. The number of halogens is 1. The lowest BCUT2D eigenvalue weighted by atomic mass is 10.2. The smallest absolute Gasteiger partial charge is 0.410 e. The van der Waals surface area contributed by atoms with Gasteiger partial charge in [0.05, 0.1) is 16.0 Å². The van der Waals surface area contributed by atoms with Crippen molar-refractivity contribution in [1.82, 2.24) is 15.1 Å². The maximum atomic E-state index is 12.4. The zero-order valence-corrected chi connectivity index (χ0v) is 13.8. The Morgan fingerprint density at radius 2 is 2.14 bits per heavy atom. The molecule has 1 aliphatic heterocycles. The van der Waals surface area contributed by atoms with Crippen molar-refractivity contribution in [3.05, 3.63) is 17.3 Å². The van der Waals surface area contributed by atoms with Gasteiger partial charge in [0.1, 0.15) is 10.6 Å². The van der Waals surface area contributed by atoms with Gasteiger partial charge in [-0.1, -0.05) is 11.6 Å². The summed E-state index contributed by atoms with van der Waals surface area (Å²) in [4.78, 5) is 13.6. The van der Waals surface area contributed by atoms with Crippen molar-refractivity contribution in [3.63, 3.8) is 0 Å². The van der Waals surface area contributed by atoms with Gasteiger partial charge in [-0.05, 0) is 39.3 Å². The molecule has 0 aromatic carbocycles. The van der Waals surface area contributed by atoms with Crippen molar-refractivity contribution in [2.75, 3.05) is 13.1 Å². The highest BCUT2D eigenvalue weighted by Gasteiger charge is 2.33. The predicted octanol–water partition coefficient (Wildman–Crippen LogP) is 2.25. The normalized spacial score (nSPS) is 20.4. The number of amides is 1. The fourth-order valence-corrected chi connectivity index (χ4v) is 3.38. The van der Waals surface area contributed by atoms with E-state index in [0.29, 0.717) is 24.5 Å². The van der Waals surface area contributed by atoms with Gasteiger partial charge in [-0.3, -0.25) is 4.21 Å². The fraction of sp³-hybridized carbons (Fsp3) is 0.615. The first-order valence-corrected chi connectivity index (χ1v) is 8.23. The van der Waals surface area contributed by atoms with Gasteiger partial charge in [-0.15, -0.1) is 10.2 Å². The van der Waals surface area contributed by atoms with Gasteiger partial charge in [-0.2, -0.15) is 0 Å². The van der Waals surface area contributed by atoms with Gasteiger partial charge in [-0.25, -0.2) is 4.79 Å². The molecule has 2 heterocycles. The molecule has 1 aromatic heterocycles. The van der Waals surface area contributed by atoms with E-state index in [9.17, 15) is 9.00 Å². The molecule has 0 saturated carbocycles. The van der Waals surface area contributed by atoms with Gasteiger partial charge in [0, 0.05) is 13.1 Å². The van der Waals surface area contributed by atoms with Crippen LogP contribution in [0.15, 0.2) is 17.2 Å². The molecule has 0 bridgehead atoms. The Hall–Kier alpha value is -1.21. The van der Waals surface area contributed by atoms with Gasteiger partial charge in [0.15, 0.2) is 5.15 Å². The van der Waals surface area contributed by atoms with Gasteiger partial charge in [0.2, 0.25) is 0 Å². The van der Waals surface area contributed by atoms with E-state index in [-0.39, 0.29) is 16.5 Å². The quantitative estimate of drug-likeness (QED) is 0.831. The van der Waals surface area contributed by atoms with Crippen LogP contribution < -0.4 is 0 Å². The molecular formula is C13H18ClN3O3S. The molecule has 1 amide bonds. The molecule has 0 radical (unpaired) electrons. The number of carbonyl (C=O) groups excluding carboxylic acids is 1. The van der Waals surface area contributed by atoms with Crippen LogP contribution in [0.5, 0.6) is 0 Å². The molecule has 1 aliphatic rings. The average molecular weight is 332 g/mol. The molecule has 2 atom stereocenters. The summed E-state index contributed by atoms with van der Waals surface area (Å²) >= 11 is 5.66. The molecule has 1 fully saturated rings. The van der Waals surface area contributed by atoms with Crippen LogP contribution in [0.4, 0.5) is 4.79 Å². The predicted molar refractivity (Wildman–Crippen MR) is 79.7 cm³/mol. The zero-order valence-electron chi connectivity index (χ0n) is 12.2. The van der Waals surface area contributed by atoms with Crippen molar-refractivity contribution >= 4 is 28.5 Å². The first-order valence-electron chi connectivity index (χ1n) is 6.64. The highest BCUT2D eigenvalue weighted by atomic mass is 35.5. The Kier molecular flexibility index (Phi) is 4.83. The van der Waals surface area contributed by atoms with E-state index in [2.05, 4.69) is 10.2 Å². The topological polar surface area (TPSA) is 72.4 Å². The fourth-order valence-electron chi connectivity index (χ4n) is 1.98. The van der Waals surface area contributed by atoms with Crippen LogP contribution in [0.3, 0.4) is 0 Å². The molecule has 0 N–H and O–H groups in total. The number of ether oxygens (including phenoxy) is 1. The lowest BCUT2D eigenvalue weighted by molar-refractivity contribution is 0.0295. The standard InChI is InChI=1S/C13H18ClN3O3S/c1-13(2,3)20-12(18)17-7-6-9(8-17)21(19)11-5-4-10(14)15-16-11/h4-5,9H,6-8H2,1-3H3/t9-,21+/m0/s1. The van der Waals surface area contributed by atoms with Crippen LogP contribution in [0.2, 0.25) is 5.15 Å². The molecule has 0 aliphatic carbocycles. The second-order valence-electron chi connectivity index (χ2n) is 5.83. The molecule has 1 saturated heterocycles. The number of carbonyl (C=O) groups is 1. The summed E-state index contributed by atoms with van der Waals surface area (Å²) in [5.74, 6) is 0. The third kappa shape index (κ3) is 4.38. The maximum Gasteiger partial charge on any atom is 0.410 e. The third-order valence-electron chi connectivity index (χ3n) is 2.91. The van der Waals surface area contributed by atoms with Gasteiger partial charge in [0.25, 0.3) is 0 Å². The molecule has 21 heavy (non-hydrogen) atoms. The van der Waals surface area contributed by atoms with Crippen molar-refractivity contribution in [2.45, 2.75) is 43.1 Å². The Labute approximate surface area is 131 Å². The summed E-state index contributed by atoms with van der Waals surface area (Å²) in [6.07, 6.45) is 0.278. The summed E-state index contributed by atoms with van der Waals surface area (Å²) in [7, 11) is -1.31. The zero-order chi connectivity index (χ0) is 15.6. The van der Waals surface area contributed by atoms with Crippen LogP contribution in [0.1, 0.15) is 27.2 Å². The molecule has 1 aromatic rings. The van der Waals surface area contributed by atoms with E-state index in [1.807, 2.05) is 20.8 Å². The Morgan fingerprint density at radius 3 is 2.71 bits per heavy atom. The van der Waals surface area contributed by atoms with Gasteiger partial charge >= 0.3 is 6.09 Å². The van der Waals surface area contributed by atoms with E-state index < -0.39 is 16.4 Å². The first-order chi connectivity index (χ1) is 9.76. The van der Waals surface area contributed by atoms with Crippen LogP contribution in [0, 0.1) is 0 Å². The number of nitrogens with zero attached hydrogens (tertiary/aromatic N) is 3. The number of likely N-dealkylation sites (tertiary alicyclic amines) is 1. The number of aromatic nitrogens is 2. The number of rotatable bonds is 2. The highest BCUT2D eigenvalue weighted by Crippen LogP contribution is 2.21. The molecule has 8 heteroatoms. The lowest BCUT2D eigenvalue weighted by Gasteiger charge is -2.24. The summed E-state index contributed by atoms with van der Waals surface area (Å²) in [5.41, 5.74) is -0.532. The number of hydrogen-bond donors (Lipinski definition) is 0. The van der Waals surface area contributed by atoms with Crippen LogP contribution in [0.25, 0.3) is 0 Å². The highest BCUT2D eigenvalue weighted by molar-refractivity contribution is 7.85. The molecule has 116 valence electrons. The Bertz CT molecular complexity index is 545. The van der Waals surface area contributed by atoms with E-state index in [1.54, 1.807) is 17.0 Å². The molecule has 6 nitrogen and oxygen atoms in total. The molecule has 0 spiro atoms. The molecule has 0 unspecified atom stereocenters. The van der Waals surface area contributed by atoms with Crippen molar-refractivity contribution < 1.29 is 13.7 Å². The number of hydrogen-bond acceptors (Lipinski definition) is 5. The third-order valence-corrected chi connectivity index (χ3v) is 4.73. The molecule has 2 rings (SSSR count). The Morgan fingerprint density at radius 1 is 1.43 bits per heavy atom. The minimum atomic E-state index is -1.31. The van der Waals surface area contributed by atoms with Crippen LogP contribution in [-0.2, 0) is 15.5 Å². The van der Waals surface area contributed by atoms with E-state index in [1.165, 1.54) is 0 Å². The monoisotopic (exact) mass is 331 g/mol. The first kappa shape index (κ1) is 16.2. The lowest BCUT2D eigenvalue weighted by Crippen LogP contribution is -2.36. The SMILES string of the molecule is CC(C)(C)OC(=O)N1CC[C@H]([S@@](=O)c2ccc(Cl)nn2)C1. The van der Waals surface area contributed by atoms with Crippen molar-refractivity contribution in [1.29, 1.82) is 0 Å². The maximum absolute atomic E-state index is 12.4. The second-order valence-corrected chi connectivity index (χ2v) is 7.90. The summed E-state index contributed by atoms with van der Waals surface area (Å²) < 4.78 is 17.7. The minimum absolute atomic E-state index is 0.159. The largest absolute Gasteiger partial charge is 0.444 e. The summed E-state index contributed by atoms with van der Waals surface area (Å²) in [6.45, 7) is 6.39. The second kappa shape index (κ2) is 6.27. The van der Waals surface area contributed by atoms with Crippen molar-refractivity contribution in [2.24, 2.45) is 0 Å². The van der Waals surface area contributed by atoms with Crippen molar-refractivity contribution in [3.8, 4) is 0 Å². The average Bonchev–Trinajstić information content (AvgIpc) is 2.86. The Balaban J connectivity index is 1.97. The van der Waals surface area contributed by atoms with E-state index >= 15 is 0 Å². The van der Waals surface area contributed by atoms with Gasteiger partial charge < -0.3 is 9.64 Å². The van der Waals surface area contributed by atoms with Crippen LogP contribution >= 0.6 is 11.6 Å².